The number of hydrogen-bond acceptors (Lipinski definition) is 8. The van der Waals surface area contributed by atoms with Crippen molar-refractivity contribution in [1.29, 1.82) is 0 Å². The molecule has 2 atom stereocenters. The summed E-state index contributed by atoms with van der Waals surface area (Å²) in [4.78, 5) is 37.5. The van der Waals surface area contributed by atoms with Gasteiger partial charge >= 0.3 is 11.9 Å². The van der Waals surface area contributed by atoms with E-state index in [9.17, 15) is 19.0 Å². The van der Waals surface area contributed by atoms with Crippen LogP contribution in [0.1, 0.15) is 142 Å². The number of rotatable bonds is 38. The molecule has 0 aliphatic rings. The molecule has 0 radical (unpaired) electrons. The Morgan fingerprint density at radius 3 is 1.40 bits per heavy atom. The lowest BCUT2D eigenvalue weighted by Gasteiger charge is -2.28. The van der Waals surface area contributed by atoms with E-state index in [0.717, 1.165) is 103 Å². The average Bonchev–Trinajstić information content (AvgIpc) is 3.17. The van der Waals surface area contributed by atoms with Gasteiger partial charge in [0.2, 0.25) is 0 Å². The largest absolute Gasteiger partial charge is 0.756 e. The molecule has 0 aromatic rings. The average molecular weight is 830 g/mol. The van der Waals surface area contributed by atoms with Crippen molar-refractivity contribution in [2.75, 3.05) is 47.5 Å². The number of hydrogen-bond donors (Lipinski definition) is 0. The van der Waals surface area contributed by atoms with Crippen LogP contribution in [0.15, 0.2) is 97.2 Å². The standard InChI is InChI=1S/C48H80NO8P/c1-6-8-10-12-14-16-18-20-21-22-23-24-25-26-27-29-31-33-35-37-39-41-48(51)57-46(45-56-58(52,53)55-43-42-49(3,4)5)44-54-47(50)40-38-36-34-32-30-28-19-17-15-13-11-9-7-2/h8-11,14-17,20-21,23-24,26-28,30,46H,6-7,12-13,18-19,22,25,29,31-45H2,1-5H3/b10-8-,11-9-,16-14-,17-15-,21-20-,24-23-,27-26-,30-28-. The second-order valence-corrected chi connectivity index (χ2v) is 16.7. The summed E-state index contributed by atoms with van der Waals surface area (Å²) in [7, 11) is 1.11. The Labute approximate surface area is 353 Å². The fraction of sp³-hybridized carbons (Fsp3) is 0.625. The number of unbranched alkanes of at least 4 members (excludes halogenated alkanes) is 8. The van der Waals surface area contributed by atoms with E-state index in [1.54, 1.807) is 0 Å². The number of carbonyl (C=O) groups is 2. The lowest BCUT2D eigenvalue weighted by Crippen LogP contribution is -2.37. The Morgan fingerprint density at radius 1 is 0.534 bits per heavy atom. The van der Waals surface area contributed by atoms with Crippen LogP contribution in [0.2, 0.25) is 0 Å². The third kappa shape index (κ3) is 42.5. The first-order valence-electron chi connectivity index (χ1n) is 21.9. The minimum absolute atomic E-state index is 0.0458. The van der Waals surface area contributed by atoms with E-state index < -0.39 is 32.5 Å². The van der Waals surface area contributed by atoms with Gasteiger partial charge in [-0.2, -0.15) is 0 Å². The number of phosphoric acid groups is 1. The highest BCUT2D eigenvalue weighted by atomic mass is 31.2. The van der Waals surface area contributed by atoms with Gasteiger partial charge in [-0.1, -0.05) is 137 Å². The predicted molar refractivity (Wildman–Crippen MR) is 240 cm³/mol. The first-order chi connectivity index (χ1) is 28.0. The zero-order valence-electron chi connectivity index (χ0n) is 36.9. The van der Waals surface area contributed by atoms with E-state index in [1.807, 2.05) is 21.1 Å². The molecule has 0 spiro atoms. The maximum Gasteiger partial charge on any atom is 0.306 e. The molecule has 2 unspecified atom stereocenters. The summed E-state index contributed by atoms with van der Waals surface area (Å²) in [6.07, 6.45) is 51.5. The summed E-state index contributed by atoms with van der Waals surface area (Å²) in [5.74, 6) is -0.903. The summed E-state index contributed by atoms with van der Waals surface area (Å²) in [5, 5.41) is 0. The van der Waals surface area contributed by atoms with Crippen molar-refractivity contribution in [3.05, 3.63) is 97.2 Å². The molecule has 0 saturated carbocycles. The Kier molecular flexibility index (Phi) is 37.3. The van der Waals surface area contributed by atoms with Crippen LogP contribution in [0.25, 0.3) is 0 Å². The highest BCUT2D eigenvalue weighted by Gasteiger charge is 2.21. The summed E-state index contributed by atoms with van der Waals surface area (Å²) in [6.45, 7) is 3.91. The highest BCUT2D eigenvalue weighted by molar-refractivity contribution is 7.45. The number of carbonyl (C=O) groups excluding carboxylic acids is 2. The van der Waals surface area contributed by atoms with Gasteiger partial charge in [0, 0.05) is 12.8 Å². The van der Waals surface area contributed by atoms with Gasteiger partial charge in [-0.3, -0.25) is 14.2 Å². The van der Waals surface area contributed by atoms with Gasteiger partial charge in [-0.25, -0.2) is 0 Å². The monoisotopic (exact) mass is 830 g/mol. The maximum absolute atomic E-state index is 12.7. The predicted octanol–water partition coefficient (Wildman–Crippen LogP) is 11.9. The SMILES string of the molecule is CC/C=C\C/C=C\C/C=C\C/C=C\C/C=C\CCCCCCCC(=O)OC(COC(=O)CCCCC/C=C\C/C=C\C/C=C\CC)COP(=O)([O-])OCC[N+](C)(C)C. The molecular weight excluding hydrogens is 750 g/mol. The third-order valence-electron chi connectivity index (χ3n) is 8.60. The van der Waals surface area contributed by atoms with Crippen LogP contribution in [0.4, 0.5) is 0 Å². The molecule has 0 fully saturated rings. The molecule has 0 aromatic heterocycles. The van der Waals surface area contributed by atoms with Crippen LogP contribution >= 0.6 is 7.82 Å². The van der Waals surface area contributed by atoms with Crippen LogP contribution < -0.4 is 4.89 Å². The Bertz CT molecular complexity index is 1300. The summed E-state index contributed by atoms with van der Waals surface area (Å²) in [5.41, 5.74) is 0. The van der Waals surface area contributed by atoms with Gasteiger partial charge in [-0.05, 0) is 89.9 Å². The third-order valence-corrected chi connectivity index (χ3v) is 9.56. The van der Waals surface area contributed by atoms with Gasteiger partial charge in [0.1, 0.15) is 19.8 Å². The topological polar surface area (TPSA) is 111 Å². The Morgan fingerprint density at radius 2 is 0.931 bits per heavy atom. The molecule has 9 nitrogen and oxygen atoms in total. The molecular formula is C48H80NO8P. The molecule has 0 aliphatic heterocycles. The molecule has 0 heterocycles. The van der Waals surface area contributed by atoms with Crippen molar-refractivity contribution in [2.45, 2.75) is 148 Å². The summed E-state index contributed by atoms with van der Waals surface area (Å²) >= 11 is 0. The number of ether oxygens (including phenoxy) is 2. The zero-order valence-corrected chi connectivity index (χ0v) is 37.8. The van der Waals surface area contributed by atoms with Crippen molar-refractivity contribution in [1.82, 2.24) is 0 Å². The molecule has 0 amide bonds. The number of nitrogens with zero attached hydrogens (tertiary/aromatic N) is 1. The van der Waals surface area contributed by atoms with Crippen LogP contribution in [-0.2, 0) is 32.7 Å². The molecule has 10 heteroatoms. The second kappa shape index (κ2) is 39.4. The maximum atomic E-state index is 12.7. The number of quaternary nitrogens is 1. The number of likely N-dealkylation sites (N-methyl/N-ethyl adjacent to an activating group) is 1. The molecule has 0 N–H and O–H groups in total. The minimum Gasteiger partial charge on any atom is -0.756 e. The first kappa shape index (κ1) is 54.9. The van der Waals surface area contributed by atoms with Crippen LogP contribution in [0.5, 0.6) is 0 Å². The fourth-order valence-corrected chi connectivity index (χ4v) is 5.95. The second-order valence-electron chi connectivity index (χ2n) is 15.3. The van der Waals surface area contributed by atoms with Crippen molar-refractivity contribution in [3.63, 3.8) is 0 Å². The van der Waals surface area contributed by atoms with Crippen molar-refractivity contribution in [3.8, 4) is 0 Å². The molecule has 0 aliphatic carbocycles. The smallest absolute Gasteiger partial charge is 0.306 e. The van der Waals surface area contributed by atoms with Crippen LogP contribution in [0.3, 0.4) is 0 Å². The highest BCUT2D eigenvalue weighted by Crippen LogP contribution is 2.38. The van der Waals surface area contributed by atoms with E-state index in [-0.39, 0.29) is 26.1 Å². The van der Waals surface area contributed by atoms with Gasteiger partial charge < -0.3 is 27.9 Å². The molecule has 58 heavy (non-hydrogen) atoms. The van der Waals surface area contributed by atoms with Crippen molar-refractivity contribution < 1.29 is 42.1 Å². The van der Waals surface area contributed by atoms with Crippen LogP contribution in [0, 0.1) is 0 Å². The Hall–Kier alpha value is -3.07. The Balaban J connectivity index is 4.44. The number of allylic oxidation sites excluding steroid dienone is 16. The van der Waals surface area contributed by atoms with Gasteiger partial charge in [0.05, 0.1) is 27.7 Å². The number of esters is 2. The molecule has 0 aromatic carbocycles. The van der Waals surface area contributed by atoms with Gasteiger partial charge in [0.25, 0.3) is 7.82 Å². The van der Waals surface area contributed by atoms with E-state index in [1.165, 1.54) is 0 Å². The lowest BCUT2D eigenvalue weighted by atomic mass is 10.1. The van der Waals surface area contributed by atoms with E-state index >= 15 is 0 Å². The zero-order chi connectivity index (χ0) is 42.8. The van der Waals surface area contributed by atoms with E-state index in [2.05, 4.69) is 111 Å². The molecule has 0 rings (SSSR count). The summed E-state index contributed by atoms with van der Waals surface area (Å²) < 4.78 is 33.8. The van der Waals surface area contributed by atoms with Gasteiger partial charge in [-0.15, -0.1) is 0 Å². The molecule has 330 valence electrons. The lowest BCUT2D eigenvalue weighted by molar-refractivity contribution is -0.870. The van der Waals surface area contributed by atoms with Crippen molar-refractivity contribution >= 4 is 19.8 Å². The van der Waals surface area contributed by atoms with Gasteiger partial charge in [0.15, 0.2) is 6.10 Å². The normalized spacial score (nSPS) is 14.5. The fourth-order valence-electron chi connectivity index (χ4n) is 5.22. The minimum atomic E-state index is -4.64. The molecule has 0 bridgehead atoms. The van der Waals surface area contributed by atoms with Crippen molar-refractivity contribution in [2.24, 2.45) is 0 Å². The summed E-state index contributed by atoms with van der Waals surface area (Å²) in [6, 6.07) is 0. The first-order valence-corrected chi connectivity index (χ1v) is 23.4. The van der Waals surface area contributed by atoms with E-state index in [0.29, 0.717) is 23.9 Å². The van der Waals surface area contributed by atoms with Crippen LogP contribution in [-0.4, -0.2) is 70.0 Å². The quantitative estimate of drug-likeness (QED) is 0.0199. The number of phosphoric ester groups is 1. The molecule has 0 saturated heterocycles. The van der Waals surface area contributed by atoms with E-state index in [4.69, 9.17) is 18.5 Å².